The Bertz CT molecular complexity index is 490. The molecule has 0 aliphatic heterocycles. The molecule has 2 rings (SSSR count). The van der Waals surface area contributed by atoms with Gasteiger partial charge in [0, 0.05) is 24.3 Å². The van der Waals surface area contributed by atoms with Crippen molar-refractivity contribution in [2.75, 3.05) is 0 Å². The van der Waals surface area contributed by atoms with Gasteiger partial charge in [-0.1, -0.05) is 24.4 Å². The van der Waals surface area contributed by atoms with Crippen LogP contribution in [0, 0.1) is 0 Å². The first kappa shape index (κ1) is 11.8. The van der Waals surface area contributed by atoms with E-state index in [1.54, 1.807) is 23.7 Å². The van der Waals surface area contributed by atoms with Gasteiger partial charge in [-0.25, -0.2) is 4.98 Å². The Morgan fingerprint density at radius 2 is 2.06 bits per heavy atom. The standard InChI is InChI=1S/C13H14N2OS/c16-12-5-3-11(4-6-12)2-1-8-15-9-7-14-13(15)10-17/h3-7,9-10,16H,1-2,8H2. The monoisotopic (exact) mass is 246 g/mol. The summed E-state index contributed by atoms with van der Waals surface area (Å²) in [4.78, 5) is 4.14. The fourth-order valence-electron chi connectivity index (χ4n) is 1.74. The van der Waals surface area contributed by atoms with Crippen LogP contribution in [0.15, 0.2) is 36.7 Å². The number of aryl methyl sites for hydroxylation is 2. The smallest absolute Gasteiger partial charge is 0.143 e. The molecule has 0 saturated carbocycles. The molecule has 0 amide bonds. The lowest BCUT2D eigenvalue weighted by molar-refractivity contribution is 0.475. The predicted octanol–water partition coefficient (Wildman–Crippen LogP) is 2.57. The van der Waals surface area contributed by atoms with E-state index in [1.165, 1.54) is 5.56 Å². The number of aromatic nitrogens is 2. The maximum atomic E-state index is 9.17. The van der Waals surface area contributed by atoms with Crippen molar-refractivity contribution >= 4 is 17.6 Å². The minimum atomic E-state index is 0.311. The lowest BCUT2D eigenvalue weighted by Crippen LogP contribution is -2.02. The number of phenols is 1. The van der Waals surface area contributed by atoms with E-state index in [9.17, 15) is 5.11 Å². The summed E-state index contributed by atoms with van der Waals surface area (Å²) in [5, 5.41) is 10.8. The molecule has 0 fully saturated rings. The van der Waals surface area contributed by atoms with E-state index in [2.05, 4.69) is 4.98 Å². The second-order valence-electron chi connectivity index (χ2n) is 3.87. The summed E-state index contributed by atoms with van der Waals surface area (Å²) in [7, 11) is 0. The minimum Gasteiger partial charge on any atom is -0.508 e. The van der Waals surface area contributed by atoms with Crippen LogP contribution < -0.4 is 0 Å². The Morgan fingerprint density at radius 1 is 1.29 bits per heavy atom. The summed E-state index contributed by atoms with van der Waals surface area (Å²) in [6.45, 7) is 0.906. The van der Waals surface area contributed by atoms with Gasteiger partial charge in [-0.15, -0.1) is 0 Å². The zero-order valence-electron chi connectivity index (χ0n) is 9.41. The summed E-state index contributed by atoms with van der Waals surface area (Å²) in [5.41, 5.74) is 1.23. The second kappa shape index (κ2) is 5.59. The van der Waals surface area contributed by atoms with Crippen LogP contribution in [0.3, 0.4) is 0 Å². The molecule has 0 saturated heterocycles. The van der Waals surface area contributed by atoms with Crippen molar-refractivity contribution < 1.29 is 5.11 Å². The van der Waals surface area contributed by atoms with Crippen LogP contribution in [0.2, 0.25) is 0 Å². The first-order valence-electron chi connectivity index (χ1n) is 5.54. The highest BCUT2D eigenvalue weighted by molar-refractivity contribution is 7.79. The van der Waals surface area contributed by atoms with Crippen LogP contribution in [-0.2, 0) is 13.0 Å². The molecule has 0 aliphatic carbocycles. The van der Waals surface area contributed by atoms with E-state index < -0.39 is 0 Å². The molecule has 4 heteroatoms. The molecule has 1 aromatic carbocycles. The Labute approximate surface area is 106 Å². The number of hydrogen-bond donors (Lipinski definition) is 1. The SMILES string of the molecule is Oc1ccc(CCCn2ccnc2C=S)cc1. The van der Waals surface area contributed by atoms with Gasteiger partial charge >= 0.3 is 0 Å². The third-order valence-electron chi connectivity index (χ3n) is 2.65. The molecular weight excluding hydrogens is 232 g/mol. The zero-order chi connectivity index (χ0) is 12.1. The molecule has 0 spiro atoms. The maximum Gasteiger partial charge on any atom is 0.143 e. The van der Waals surface area contributed by atoms with Crippen LogP contribution in [0.4, 0.5) is 0 Å². The Morgan fingerprint density at radius 3 is 2.76 bits per heavy atom. The first-order chi connectivity index (χ1) is 8.29. The summed E-state index contributed by atoms with van der Waals surface area (Å²) < 4.78 is 2.05. The molecule has 2 aromatic rings. The molecule has 0 bridgehead atoms. The third kappa shape index (κ3) is 3.14. The Kier molecular flexibility index (Phi) is 3.88. The van der Waals surface area contributed by atoms with E-state index in [1.807, 2.05) is 22.9 Å². The Balaban J connectivity index is 1.87. The normalized spacial score (nSPS) is 10.4. The highest BCUT2D eigenvalue weighted by Crippen LogP contribution is 2.11. The largest absolute Gasteiger partial charge is 0.508 e. The van der Waals surface area contributed by atoms with Crippen molar-refractivity contribution in [3.05, 3.63) is 48.0 Å². The van der Waals surface area contributed by atoms with Crippen molar-refractivity contribution in [3.8, 4) is 5.75 Å². The molecule has 0 aliphatic rings. The van der Waals surface area contributed by atoms with Crippen LogP contribution in [0.25, 0.3) is 0 Å². The molecule has 3 nitrogen and oxygen atoms in total. The molecule has 0 radical (unpaired) electrons. The number of nitrogens with zero attached hydrogens (tertiary/aromatic N) is 2. The average molecular weight is 246 g/mol. The highest BCUT2D eigenvalue weighted by Gasteiger charge is 1.99. The lowest BCUT2D eigenvalue weighted by atomic mass is 10.1. The zero-order valence-corrected chi connectivity index (χ0v) is 10.2. The van der Waals surface area contributed by atoms with Crippen LogP contribution in [-0.4, -0.2) is 20.0 Å². The van der Waals surface area contributed by atoms with Gasteiger partial charge in [0.1, 0.15) is 11.6 Å². The van der Waals surface area contributed by atoms with Crippen molar-refractivity contribution in [1.82, 2.24) is 9.55 Å². The van der Waals surface area contributed by atoms with Gasteiger partial charge in [-0.3, -0.25) is 0 Å². The Hall–Kier alpha value is -1.68. The van der Waals surface area contributed by atoms with Gasteiger partial charge in [0.2, 0.25) is 0 Å². The topological polar surface area (TPSA) is 38.0 Å². The molecular formula is C13H14N2OS. The minimum absolute atomic E-state index is 0.311. The van der Waals surface area contributed by atoms with E-state index >= 15 is 0 Å². The quantitative estimate of drug-likeness (QED) is 0.824. The molecule has 88 valence electrons. The number of aromatic hydroxyl groups is 1. The number of rotatable bonds is 5. The molecule has 1 heterocycles. The van der Waals surface area contributed by atoms with Crippen molar-refractivity contribution in [2.45, 2.75) is 19.4 Å². The van der Waals surface area contributed by atoms with Gasteiger partial charge < -0.3 is 9.67 Å². The van der Waals surface area contributed by atoms with E-state index in [-0.39, 0.29) is 0 Å². The molecule has 17 heavy (non-hydrogen) atoms. The molecule has 0 atom stereocenters. The summed E-state index contributed by atoms with van der Waals surface area (Å²) in [6.07, 6.45) is 5.71. The second-order valence-corrected chi connectivity index (χ2v) is 4.10. The maximum absolute atomic E-state index is 9.17. The van der Waals surface area contributed by atoms with Crippen LogP contribution in [0.1, 0.15) is 17.8 Å². The fourth-order valence-corrected chi connectivity index (χ4v) is 1.94. The van der Waals surface area contributed by atoms with Crippen molar-refractivity contribution in [2.24, 2.45) is 0 Å². The number of hydrogen-bond acceptors (Lipinski definition) is 3. The van der Waals surface area contributed by atoms with Gasteiger partial charge in [0.05, 0.1) is 0 Å². The van der Waals surface area contributed by atoms with E-state index in [4.69, 9.17) is 12.2 Å². The van der Waals surface area contributed by atoms with Gasteiger partial charge in [0.25, 0.3) is 0 Å². The predicted molar refractivity (Wildman–Crippen MR) is 71.4 cm³/mol. The summed E-state index contributed by atoms with van der Waals surface area (Å²) in [5.74, 6) is 1.15. The van der Waals surface area contributed by atoms with Crippen LogP contribution in [0.5, 0.6) is 5.75 Å². The molecule has 0 unspecified atom stereocenters. The molecule has 1 N–H and O–H groups in total. The van der Waals surface area contributed by atoms with Gasteiger partial charge in [0.15, 0.2) is 0 Å². The number of thiocarbonyl (C=S) groups is 1. The summed E-state index contributed by atoms with van der Waals surface area (Å²) >= 11 is 4.88. The number of imidazole rings is 1. The van der Waals surface area contributed by atoms with E-state index in [0.29, 0.717) is 5.75 Å². The first-order valence-corrected chi connectivity index (χ1v) is 6.01. The average Bonchev–Trinajstić information content (AvgIpc) is 2.79. The van der Waals surface area contributed by atoms with Crippen LogP contribution >= 0.6 is 12.2 Å². The highest BCUT2D eigenvalue weighted by atomic mass is 32.1. The number of benzene rings is 1. The molecule has 1 aromatic heterocycles. The lowest BCUT2D eigenvalue weighted by Gasteiger charge is -2.05. The van der Waals surface area contributed by atoms with E-state index in [0.717, 1.165) is 25.2 Å². The van der Waals surface area contributed by atoms with Gasteiger partial charge in [-0.05, 0) is 30.5 Å². The van der Waals surface area contributed by atoms with Crippen molar-refractivity contribution in [3.63, 3.8) is 0 Å². The third-order valence-corrected chi connectivity index (χ3v) is 2.86. The number of phenolic OH excluding ortho intramolecular Hbond substituents is 1. The fraction of sp³-hybridized carbons (Fsp3) is 0.231. The van der Waals surface area contributed by atoms with Gasteiger partial charge in [-0.2, -0.15) is 0 Å². The van der Waals surface area contributed by atoms with Crippen molar-refractivity contribution in [1.29, 1.82) is 0 Å². The summed E-state index contributed by atoms with van der Waals surface area (Å²) in [6, 6.07) is 7.33.